The van der Waals surface area contributed by atoms with E-state index in [1.54, 1.807) is 7.11 Å². The Morgan fingerprint density at radius 3 is 2.64 bits per heavy atom. The van der Waals surface area contributed by atoms with Crippen molar-refractivity contribution in [1.29, 1.82) is 0 Å². The number of carbonyl (C=O) groups excluding carboxylic acids is 1. The van der Waals surface area contributed by atoms with E-state index in [0.717, 1.165) is 16.0 Å². The van der Waals surface area contributed by atoms with E-state index in [1.807, 2.05) is 25.1 Å². The molecule has 0 saturated carbocycles. The Labute approximate surface area is 148 Å². The number of methoxy groups -OCH3 is 1. The highest BCUT2D eigenvalue weighted by Crippen LogP contribution is 2.29. The average molecular weight is 360 g/mol. The standard InChI is InChI=1S/C18H17FN2O3S/c1-3-15(24-12-6-4-11(19)5-7-12)17(22)21-18-20-14-9-8-13(23-2)10-16(14)25-18/h4-10,15H,3H2,1-2H3,(H,20,21,22). The Kier molecular flexibility index (Phi) is 5.14. The Morgan fingerprint density at radius 2 is 1.96 bits per heavy atom. The zero-order valence-electron chi connectivity index (χ0n) is 13.8. The summed E-state index contributed by atoms with van der Waals surface area (Å²) in [5.74, 6) is 0.533. The first-order valence-corrected chi connectivity index (χ1v) is 8.58. The zero-order chi connectivity index (χ0) is 17.8. The summed E-state index contributed by atoms with van der Waals surface area (Å²) in [5.41, 5.74) is 0.786. The minimum atomic E-state index is -0.688. The van der Waals surface area contributed by atoms with Crippen molar-refractivity contribution in [2.75, 3.05) is 12.4 Å². The van der Waals surface area contributed by atoms with Gasteiger partial charge in [-0.05, 0) is 48.9 Å². The fourth-order valence-electron chi connectivity index (χ4n) is 2.27. The summed E-state index contributed by atoms with van der Waals surface area (Å²) in [7, 11) is 1.60. The first kappa shape index (κ1) is 17.2. The molecule has 0 aliphatic rings. The molecule has 5 nitrogen and oxygen atoms in total. The van der Waals surface area contributed by atoms with Crippen LogP contribution in [0.4, 0.5) is 9.52 Å². The number of aromatic nitrogens is 1. The van der Waals surface area contributed by atoms with Gasteiger partial charge in [0.1, 0.15) is 17.3 Å². The number of ether oxygens (including phenoxy) is 2. The highest BCUT2D eigenvalue weighted by atomic mass is 32.1. The molecular formula is C18H17FN2O3S. The average Bonchev–Trinajstić information content (AvgIpc) is 3.02. The van der Waals surface area contributed by atoms with Gasteiger partial charge in [-0.2, -0.15) is 0 Å². The van der Waals surface area contributed by atoms with E-state index in [1.165, 1.54) is 35.6 Å². The zero-order valence-corrected chi connectivity index (χ0v) is 14.6. The van der Waals surface area contributed by atoms with Gasteiger partial charge in [-0.1, -0.05) is 18.3 Å². The third kappa shape index (κ3) is 4.06. The van der Waals surface area contributed by atoms with Crippen molar-refractivity contribution in [3.63, 3.8) is 0 Å². The number of nitrogens with one attached hydrogen (secondary N) is 1. The number of anilines is 1. The number of fused-ring (bicyclic) bond motifs is 1. The van der Waals surface area contributed by atoms with Crippen molar-refractivity contribution in [3.8, 4) is 11.5 Å². The van der Waals surface area contributed by atoms with E-state index in [0.29, 0.717) is 17.3 Å². The van der Waals surface area contributed by atoms with Gasteiger partial charge in [0, 0.05) is 0 Å². The van der Waals surface area contributed by atoms with Gasteiger partial charge in [0.25, 0.3) is 5.91 Å². The number of rotatable bonds is 6. The molecule has 0 fully saturated rings. The molecule has 1 unspecified atom stereocenters. The van der Waals surface area contributed by atoms with Gasteiger partial charge in [0.05, 0.1) is 17.3 Å². The second-order valence-corrected chi connectivity index (χ2v) is 6.34. The molecular weight excluding hydrogens is 343 g/mol. The van der Waals surface area contributed by atoms with Crippen LogP contribution in [-0.4, -0.2) is 24.1 Å². The molecule has 1 aromatic heterocycles. The van der Waals surface area contributed by atoms with Crippen LogP contribution in [0.3, 0.4) is 0 Å². The molecule has 1 atom stereocenters. The predicted molar refractivity (Wildman–Crippen MR) is 95.9 cm³/mol. The van der Waals surface area contributed by atoms with E-state index in [-0.39, 0.29) is 11.7 Å². The van der Waals surface area contributed by atoms with Crippen molar-refractivity contribution in [3.05, 3.63) is 48.3 Å². The van der Waals surface area contributed by atoms with Crippen LogP contribution in [0.1, 0.15) is 13.3 Å². The number of nitrogens with zero attached hydrogens (tertiary/aromatic N) is 1. The SMILES string of the molecule is CCC(Oc1ccc(F)cc1)C(=O)Nc1nc2ccc(OC)cc2s1. The Hall–Kier alpha value is -2.67. The Morgan fingerprint density at radius 1 is 1.24 bits per heavy atom. The fraction of sp³-hybridized carbons (Fsp3) is 0.222. The second-order valence-electron chi connectivity index (χ2n) is 5.31. The summed E-state index contributed by atoms with van der Waals surface area (Å²) in [5, 5.41) is 3.27. The van der Waals surface area contributed by atoms with Crippen molar-refractivity contribution in [2.45, 2.75) is 19.4 Å². The van der Waals surface area contributed by atoms with Gasteiger partial charge in [-0.15, -0.1) is 0 Å². The third-order valence-corrected chi connectivity index (χ3v) is 4.51. The smallest absolute Gasteiger partial charge is 0.267 e. The van der Waals surface area contributed by atoms with E-state index < -0.39 is 6.10 Å². The van der Waals surface area contributed by atoms with Crippen LogP contribution in [0.25, 0.3) is 10.2 Å². The van der Waals surface area contributed by atoms with Crippen molar-refractivity contribution < 1.29 is 18.7 Å². The van der Waals surface area contributed by atoms with Gasteiger partial charge in [0.2, 0.25) is 0 Å². The summed E-state index contributed by atoms with van der Waals surface area (Å²) < 4.78 is 24.7. The molecule has 130 valence electrons. The topological polar surface area (TPSA) is 60.5 Å². The summed E-state index contributed by atoms with van der Waals surface area (Å²) in [4.78, 5) is 16.8. The molecule has 0 radical (unpaired) electrons. The lowest BCUT2D eigenvalue weighted by molar-refractivity contribution is -0.122. The maximum absolute atomic E-state index is 13.0. The largest absolute Gasteiger partial charge is 0.497 e. The van der Waals surface area contributed by atoms with Crippen molar-refractivity contribution in [1.82, 2.24) is 4.98 Å². The summed E-state index contributed by atoms with van der Waals surface area (Å²) in [6, 6.07) is 11.1. The molecule has 3 rings (SSSR count). The van der Waals surface area contributed by atoms with E-state index in [2.05, 4.69) is 10.3 Å². The lowest BCUT2D eigenvalue weighted by atomic mass is 10.2. The van der Waals surface area contributed by atoms with E-state index >= 15 is 0 Å². The molecule has 0 saturated heterocycles. The Bertz CT molecular complexity index is 880. The molecule has 1 heterocycles. The third-order valence-electron chi connectivity index (χ3n) is 3.58. The van der Waals surface area contributed by atoms with Gasteiger partial charge < -0.3 is 9.47 Å². The van der Waals surface area contributed by atoms with Crippen LogP contribution in [0, 0.1) is 5.82 Å². The number of benzene rings is 2. The normalized spacial score (nSPS) is 12.0. The van der Waals surface area contributed by atoms with Gasteiger partial charge >= 0.3 is 0 Å². The molecule has 7 heteroatoms. The molecule has 1 N–H and O–H groups in total. The van der Waals surface area contributed by atoms with Crippen LogP contribution in [0.15, 0.2) is 42.5 Å². The number of carbonyl (C=O) groups is 1. The van der Waals surface area contributed by atoms with Gasteiger partial charge in [-0.25, -0.2) is 9.37 Å². The van der Waals surface area contributed by atoms with Crippen LogP contribution in [0.2, 0.25) is 0 Å². The summed E-state index contributed by atoms with van der Waals surface area (Å²) in [6.07, 6.45) is -0.214. The van der Waals surface area contributed by atoms with Gasteiger partial charge in [0.15, 0.2) is 11.2 Å². The summed E-state index contributed by atoms with van der Waals surface area (Å²) >= 11 is 1.36. The monoisotopic (exact) mass is 360 g/mol. The molecule has 0 bridgehead atoms. The van der Waals surface area contributed by atoms with Crippen LogP contribution >= 0.6 is 11.3 Å². The Balaban J connectivity index is 1.72. The van der Waals surface area contributed by atoms with Crippen LogP contribution < -0.4 is 14.8 Å². The molecule has 0 spiro atoms. The molecule has 0 aliphatic carbocycles. The highest BCUT2D eigenvalue weighted by Gasteiger charge is 2.20. The number of hydrogen-bond donors (Lipinski definition) is 1. The second kappa shape index (κ2) is 7.48. The lowest BCUT2D eigenvalue weighted by Gasteiger charge is -2.16. The first-order chi connectivity index (χ1) is 12.1. The number of thiazole rings is 1. The maximum atomic E-state index is 13.0. The molecule has 3 aromatic rings. The van der Waals surface area contributed by atoms with Crippen LogP contribution in [0.5, 0.6) is 11.5 Å². The molecule has 25 heavy (non-hydrogen) atoms. The molecule has 0 aliphatic heterocycles. The van der Waals surface area contributed by atoms with Crippen molar-refractivity contribution in [2.24, 2.45) is 0 Å². The maximum Gasteiger partial charge on any atom is 0.267 e. The number of hydrogen-bond acceptors (Lipinski definition) is 5. The van der Waals surface area contributed by atoms with E-state index in [4.69, 9.17) is 9.47 Å². The molecule has 2 aromatic carbocycles. The highest BCUT2D eigenvalue weighted by molar-refractivity contribution is 7.22. The quantitative estimate of drug-likeness (QED) is 0.714. The lowest BCUT2D eigenvalue weighted by Crippen LogP contribution is -2.32. The van der Waals surface area contributed by atoms with Crippen LogP contribution in [-0.2, 0) is 4.79 Å². The number of amides is 1. The number of halogens is 1. The minimum Gasteiger partial charge on any atom is -0.497 e. The fourth-order valence-corrected chi connectivity index (χ4v) is 3.17. The summed E-state index contributed by atoms with van der Waals surface area (Å²) in [6.45, 7) is 1.84. The van der Waals surface area contributed by atoms with E-state index in [9.17, 15) is 9.18 Å². The first-order valence-electron chi connectivity index (χ1n) is 7.76. The predicted octanol–water partition coefficient (Wildman–Crippen LogP) is 4.24. The molecule has 1 amide bonds. The minimum absolute atomic E-state index is 0.294. The van der Waals surface area contributed by atoms with Gasteiger partial charge in [-0.3, -0.25) is 10.1 Å². The van der Waals surface area contributed by atoms with Crippen molar-refractivity contribution >= 4 is 32.6 Å².